The molecule has 4 rings (SSSR count). The van der Waals surface area contributed by atoms with Crippen molar-refractivity contribution in [3.63, 3.8) is 0 Å². The van der Waals surface area contributed by atoms with Crippen LogP contribution in [-0.4, -0.2) is 75.4 Å². The van der Waals surface area contributed by atoms with Crippen LogP contribution in [0.1, 0.15) is 37.7 Å². The Morgan fingerprint density at radius 1 is 1.22 bits per heavy atom. The van der Waals surface area contributed by atoms with Gasteiger partial charge in [-0.3, -0.25) is 9.69 Å². The lowest BCUT2D eigenvalue weighted by atomic mass is 10.2. The zero-order chi connectivity index (χ0) is 22.7. The first-order valence-electron chi connectivity index (χ1n) is 10.5. The number of anilines is 2. The molecule has 1 saturated heterocycles. The average molecular weight is 458 g/mol. The second kappa shape index (κ2) is 9.72. The van der Waals surface area contributed by atoms with Crippen LogP contribution in [0.4, 0.5) is 11.5 Å². The number of β-amino-alcohol motifs (C(OH)–C–C–N with tert-alkyl or cyclic N) is 1. The number of aliphatic hydroxyl groups is 1. The van der Waals surface area contributed by atoms with Gasteiger partial charge in [0.25, 0.3) is 5.91 Å². The molecule has 4 heterocycles. The summed E-state index contributed by atoms with van der Waals surface area (Å²) in [5, 5.41) is 16.6. The fourth-order valence-electron chi connectivity index (χ4n) is 3.70. The highest BCUT2D eigenvalue weighted by molar-refractivity contribution is 7.13. The number of carbonyl (C=O) groups excluding carboxylic acids is 1. The highest BCUT2D eigenvalue weighted by Gasteiger charge is 2.20. The van der Waals surface area contributed by atoms with Crippen LogP contribution in [0.5, 0.6) is 0 Å². The summed E-state index contributed by atoms with van der Waals surface area (Å²) in [6.07, 6.45) is 2.12. The van der Waals surface area contributed by atoms with Gasteiger partial charge in [-0.1, -0.05) is 5.16 Å². The molecule has 2 N–H and O–H groups in total. The molecular formula is C21H27N7O3S. The average Bonchev–Trinajstić information content (AvgIpc) is 3.36. The van der Waals surface area contributed by atoms with E-state index in [1.165, 1.54) is 11.3 Å². The van der Waals surface area contributed by atoms with Gasteiger partial charge in [-0.05, 0) is 20.8 Å². The number of nitrogens with zero attached hydrogens (tertiary/aromatic N) is 6. The first-order valence-corrected chi connectivity index (χ1v) is 11.4. The number of piperazine rings is 1. The van der Waals surface area contributed by atoms with Crippen molar-refractivity contribution in [3.8, 4) is 0 Å². The van der Waals surface area contributed by atoms with Gasteiger partial charge in [-0.2, -0.15) is 0 Å². The van der Waals surface area contributed by atoms with Gasteiger partial charge in [0.05, 0.1) is 23.5 Å². The van der Waals surface area contributed by atoms with E-state index in [0.717, 1.165) is 42.7 Å². The molecule has 170 valence electrons. The third-order valence-corrected chi connectivity index (χ3v) is 6.37. The van der Waals surface area contributed by atoms with Crippen LogP contribution >= 0.6 is 11.3 Å². The van der Waals surface area contributed by atoms with Crippen LogP contribution in [0.3, 0.4) is 0 Å². The van der Waals surface area contributed by atoms with E-state index in [9.17, 15) is 4.79 Å². The van der Waals surface area contributed by atoms with Crippen molar-refractivity contribution in [2.75, 3.05) is 49.5 Å². The summed E-state index contributed by atoms with van der Waals surface area (Å²) in [7, 11) is 0. The highest BCUT2D eigenvalue weighted by Crippen LogP contribution is 2.23. The first kappa shape index (κ1) is 22.3. The number of hydrogen-bond acceptors (Lipinski definition) is 10. The number of aliphatic hydroxyl groups excluding tert-OH is 1. The van der Waals surface area contributed by atoms with Crippen molar-refractivity contribution in [2.24, 2.45) is 0 Å². The largest absolute Gasteiger partial charge is 0.395 e. The van der Waals surface area contributed by atoms with E-state index in [-0.39, 0.29) is 12.5 Å². The fourth-order valence-corrected chi connectivity index (χ4v) is 4.52. The summed E-state index contributed by atoms with van der Waals surface area (Å²) in [4.78, 5) is 31.2. The lowest BCUT2D eigenvalue weighted by Crippen LogP contribution is -2.47. The third-order valence-electron chi connectivity index (χ3n) is 5.37. The van der Waals surface area contributed by atoms with E-state index < -0.39 is 0 Å². The maximum absolute atomic E-state index is 12.6. The normalized spacial score (nSPS) is 14.7. The van der Waals surface area contributed by atoms with E-state index in [4.69, 9.17) is 9.63 Å². The minimum Gasteiger partial charge on any atom is -0.395 e. The Bertz CT molecular complexity index is 1070. The van der Waals surface area contributed by atoms with Crippen molar-refractivity contribution in [1.82, 2.24) is 25.0 Å². The van der Waals surface area contributed by atoms with Crippen LogP contribution < -0.4 is 10.2 Å². The molecule has 3 aromatic heterocycles. The topological polar surface area (TPSA) is 121 Å². The van der Waals surface area contributed by atoms with Gasteiger partial charge in [-0.15, -0.1) is 11.3 Å². The van der Waals surface area contributed by atoms with E-state index >= 15 is 0 Å². The molecule has 32 heavy (non-hydrogen) atoms. The second-order valence-corrected chi connectivity index (χ2v) is 8.88. The summed E-state index contributed by atoms with van der Waals surface area (Å²) in [6.45, 7) is 9.84. The van der Waals surface area contributed by atoms with Crippen LogP contribution in [0.25, 0.3) is 0 Å². The fraction of sp³-hybridized carbons (Fsp3) is 0.476. The molecule has 1 amide bonds. The minimum atomic E-state index is -0.233. The number of rotatable bonds is 7. The van der Waals surface area contributed by atoms with Gasteiger partial charge >= 0.3 is 0 Å². The van der Waals surface area contributed by atoms with Crippen LogP contribution in [-0.2, 0) is 6.42 Å². The summed E-state index contributed by atoms with van der Waals surface area (Å²) < 4.78 is 5.10. The molecular weight excluding hydrogens is 430 g/mol. The Kier molecular flexibility index (Phi) is 6.77. The van der Waals surface area contributed by atoms with Crippen molar-refractivity contribution in [2.45, 2.75) is 27.2 Å². The third kappa shape index (κ3) is 5.12. The number of amides is 1. The molecule has 1 aliphatic rings. The summed E-state index contributed by atoms with van der Waals surface area (Å²) in [5.74, 6) is 1.96. The van der Waals surface area contributed by atoms with Gasteiger partial charge in [0.2, 0.25) is 0 Å². The Labute approximate surface area is 190 Å². The molecule has 0 atom stereocenters. The Morgan fingerprint density at radius 2 is 2.00 bits per heavy atom. The number of nitrogens with one attached hydrogen (secondary N) is 1. The van der Waals surface area contributed by atoms with E-state index in [1.54, 1.807) is 20.0 Å². The lowest BCUT2D eigenvalue weighted by molar-refractivity contribution is 0.103. The number of aromatic nitrogens is 4. The van der Waals surface area contributed by atoms with E-state index in [0.29, 0.717) is 40.8 Å². The molecule has 0 saturated carbocycles. The maximum Gasteiger partial charge on any atom is 0.267 e. The maximum atomic E-state index is 12.6. The van der Waals surface area contributed by atoms with Gasteiger partial charge in [-0.25, -0.2) is 15.0 Å². The number of carbonyl (C=O) groups is 1. The predicted octanol–water partition coefficient (Wildman–Crippen LogP) is 1.80. The SMILES string of the molecule is Cc1nc(Cc2ncc(C(=O)Nc3c(C)noc3C)s2)cc(N2CCN(CCO)CC2)n1. The summed E-state index contributed by atoms with van der Waals surface area (Å²) >= 11 is 1.34. The second-order valence-electron chi connectivity index (χ2n) is 7.77. The summed E-state index contributed by atoms with van der Waals surface area (Å²) in [6, 6.07) is 2.00. The number of aryl methyl sites for hydroxylation is 3. The van der Waals surface area contributed by atoms with Crippen molar-refractivity contribution >= 4 is 28.7 Å². The molecule has 1 aliphatic heterocycles. The molecule has 0 unspecified atom stereocenters. The standard InChI is InChI=1S/C21H27N7O3S/c1-13-20(14(2)31-26-13)25-21(30)17-12-22-19(32-17)11-16-10-18(24-15(3)23-16)28-6-4-27(5-7-28)8-9-29/h10,12,29H,4-9,11H2,1-3H3,(H,25,30). The van der Waals surface area contributed by atoms with Crippen LogP contribution in [0, 0.1) is 20.8 Å². The molecule has 3 aromatic rings. The van der Waals surface area contributed by atoms with Gasteiger partial charge in [0.15, 0.2) is 5.76 Å². The Balaban J connectivity index is 1.42. The molecule has 0 spiro atoms. The minimum absolute atomic E-state index is 0.183. The quantitative estimate of drug-likeness (QED) is 0.547. The van der Waals surface area contributed by atoms with Gasteiger partial charge in [0, 0.05) is 45.2 Å². The monoisotopic (exact) mass is 457 g/mol. The molecule has 0 radical (unpaired) electrons. The van der Waals surface area contributed by atoms with E-state index in [2.05, 4.69) is 35.2 Å². The van der Waals surface area contributed by atoms with Crippen molar-refractivity contribution in [3.05, 3.63) is 45.1 Å². The molecule has 10 nitrogen and oxygen atoms in total. The smallest absolute Gasteiger partial charge is 0.267 e. The van der Waals surface area contributed by atoms with E-state index in [1.807, 2.05) is 13.0 Å². The Morgan fingerprint density at radius 3 is 2.69 bits per heavy atom. The zero-order valence-electron chi connectivity index (χ0n) is 18.5. The highest BCUT2D eigenvalue weighted by atomic mass is 32.1. The van der Waals surface area contributed by atoms with Crippen molar-refractivity contribution in [1.29, 1.82) is 0 Å². The molecule has 0 aromatic carbocycles. The van der Waals surface area contributed by atoms with Crippen LogP contribution in [0.15, 0.2) is 16.8 Å². The number of hydrogen-bond donors (Lipinski definition) is 2. The lowest BCUT2D eigenvalue weighted by Gasteiger charge is -2.35. The molecule has 1 fully saturated rings. The number of thiazole rings is 1. The predicted molar refractivity (Wildman–Crippen MR) is 121 cm³/mol. The van der Waals surface area contributed by atoms with Crippen LogP contribution in [0.2, 0.25) is 0 Å². The summed E-state index contributed by atoms with van der Waals surface area (Å²) in [5.41, 5.74) is 2.11. The molecule has 0 bridgehead atoms. The van der Waals surface area contributed by atoms with Gasteiger partial charge in [0.1, 0.15) is 27.9 Å². The van der Waals surface area contributed by atoms with Gasteiger partial charge < -0.3 is 19.8 Å². The first-order chi connectivity index (χ1) is 15.4. The molecule has 0 aliphatic carbocycles. The zero-order valence-corrected chi connectivity index (χ0v) is 19.3. The Hall–Kier alpha value is -2.89. The molecule has 11 heteroatoms. The van der Waals surface area contributed by atoms with Crippen molar-refractivity contribution < 1.29 is 14.4 Å².